The number of hydrogen-bond acceptors (Lipinski definition) is 4. The lowest BCUT2D eigenvalue weighted by Crippen LogP contribution is -2.08. The van der Waals surface area contributed by atoms with E-state index in [-0.39, 0.29) is 6.42 Å². The van der Waals surface area contributed by atoms with Gasteiger partial charge in [-0.2, -0.15) is 17.6 Å². The van der Waals surface area contributed by atoms with E-state index in [9.17, 15) is 22.0 Å². The topological polar surface area (TPSA) is 34.1 Å². The molecule has 0 saturated carbocycles. The van der Waals surface area contributed by atoms with Crippen molar-refractivity contribution < 1.29 is 26.7 Å². The van der Waals surface area contributed by atoms with Gasteiger partial charge in [0.25, 0.3) is 0 Å². The molecule has 0 atom stereocenters. The molecule has 0 amide bonds. The van der Waals surface area contributed by atoms with E-state index in [0.29, 0.717) is 11.4 Å². The summed E-state index contributed by atoms with van der Waals surface area (Å²) >= 11 is 1.40. The van der Waals surface area contributed by atoms with Gasteiger partial charge in [0, 0.05) is 11.3 Å². The van der Waals surface area contributed by atoms with E-state index in [4.69, 9.17) is 4.74 Å². The zero-order valence-corrected chi connectivity index (χ0v) is 17.8. The van der Waals surface area contributed by atoms with Crippen molar-refractivity contribution in [3.8, 4) is 5.75 Å². The highest BCUT2D eigenvalue weighted by Crippen LogP contribution is 2.31. The molecule has 170 valence electrons. The van der Waals surface area contributed by atoms with Gasteiger partial charge in [-0.05, 0) is 66.2 Å². The first-order valence-corrected chi connectivity index (χ1v) is 10.7. The van der Waals surface area contributed by atoms with Crippen LogP contribution in [0.2, 0.25) is 0 Å². The fourth-order valence-corrected chi connectivity index (χ4v) is 3.61. The maximum atomic E-state index is 12.9. The minimum absolute atomic E-state index is 0.0317. The second kappa shape index (κ2) is 11.2. The maximum absolute atomic E-state index is 12.9. The van der Waals surface area contributed by atoms with E-state index < -0.39 is 24.4 Å². The molecule has 9 heteroatoms. The van der Waals surface area contributed by atoms with Crippen molar-refractivity contribution in [1.82, 2.24) is 4.98 Å². The average molecular weight is 468 g/mol. The van der Waals surface area contributed by atoms with Gasteiger partial charge >= 0.3 is 6.18 Å². The number of aryl methyl sites for hydroxylation is 2. The summed E-state index contributed by atoms with van der Waals surface area (Å²) in [6, 6.07) is 15.5. The fourth-order valence-electron chi connectivity index (χ4n) is 2.97. The molecule has 0 radical (unpaired) electrons. The first-order chi connectivity index (χ1) is 15.3. The summed E-state index contributed by atoms with van der Waals surface area (Å²) in [5, 5.41) is 0. The van der Waals surface area contributed by atoms with Crippen LogP contribution in [0, 0.1) is 5.95 Å². The summed E-state index contributed by atoms with van der Waals surface area (Å²) in [5.74, 6) is 0.966. The highest BCUT2D eigenvalue weighted by atomic mass is 32.2. The first kappa shape index (κ1) is 23.8. The van der Waals surface area contributed by atoms with Crippen LogP contribution in [0.15, 0.2) is 65.6 Å². The first-order valence-electron chi connectivity index (χ1n) is 9.88. The quantitative estimate of drug-likeness (QED) is 0.251. The Kier molecular flexibility index (Phi) is 8.33. The molecule has 32 heavy (non-hydrogen) atoms. The molecular weight excluding hydrogens is 447 g/mol. The van der Waals surface area contributed by atoms with E-state index in [2.05, 4.69) is 15.8 Å². The number of rotatable bonds is 5. The predicted molar refractivity (Wildman–Crippen MR) is 115 cm³/mol. The Morgan fingerprint density at radius 2 is 1.84 bits per heavy atom. The molecule has 2 heterocycles. The minimum Gasteiger partial charge on any atom is -0.493 e. The van der Waals surface area contributed by atoms with E-state index in [1.807, 2.05) is 12.1 Å². The number of fused-ring (bicyclic) bond motifs is 1. The predicted octanol–water partition coefficient (Wildman–Crippen LogP) is 6.88. The van der Waals surface area contributed by atoms with Gasteiger partial charge < -0.3 is 9.46 Å². The number of aromatic nitrogens is 1. The summed E-state index contributed by atoms with van der Waals surface area (Å²) in [6.45, 7) is 0.140. The van der Waals surface area contributed by atoms with Crippen LogP contribution in [0.5, 0.6) is 5.75 Å². The van der Waals surface area contributed by atoms with Crippen molar-refractivity contribution in [2.24, 2.45) is 0 Å². The smallest absolute Gasteiger partial charge is 0.416 e. The van der Waals surface area contributed by atoms with Crippen LogP contribution in [0.4, 0.5) is 27.8 Å². The standard InChI is InChI=1S/C14H13FN2OS.C9H8F4/c15-13-4-1-5-14(16-13)17-19-11-7-6-10-3-2-8-18-12(10)9-11;10-5-4-7-2-1-3-8(6-7)9(11,12)13/h1,4-7,9H,2-3,8H2,(H,16,17);1-3,6H,4-5H2. The van der Waals surface area contributed by atoms with Crippen molar-refractivity contribution in [2.75, 3.05) is 18.0 Å². The van der Waals surface area contributed by atoms with Crippen molar-refractivity contribution in [3.05, 3.63) is 83.3 Å². The number of benzene rings is 2. The van der Waals surface area contributed by atoms with Crippen LogP contribution >= 0.6 is 11.9 Å². The molecule has 0 bridgehead atoms. The molecule has 0 fully saturated rings. The Labute approximate surface area is 187 Å². The molecule has 0 unspecified atom stereocenters. The van der Waals surface area contributed by atoms with Gasteiger partial charge in [0.15, 0.2) is 0 Å². The molecule has 1 aliphatic heterocycles. The summed E-state index contributed by atoms with van der Waals surface area (Å²) in [4.78, 5) is 4.77. The summed E-state index contributed by atoms with van der Waals surface area (Å²) < 4.78 is 69.7. The monoisotopic (exact) mass is 468 g/mol. The van der Waals surface area contributed by atoms with Gasteiger partial charge in [-0.15, -0.1) is 0 Å². The highest BCUT2D eigenvalue weighted by molar-refractivity contribution is 8.00. The number of anilines is 1. The lowest BCUT2D eigenvalue weighted by Gasteiger charge is -2.17. The van der Waals surface area contributed by atoms with Crippen LogP contribution < -0.4 is 9.46 Å². The van der Waals surface area contributed by atoms with Gasteiger partial charge in [-0.25, -0.2) is 4.98 Å². The molecular formula is C23H21F5N2OS. The Morgan fingerprint density at radius 3 is 2.59 bits per heavy atom. The average Bonchev–Trinajstić information content (AvgIpc) is 2.78. The minimum atomic E-state index is -4.34. The summed E-state index contributed by atoms with van der Waals surface area (Å²) in [6.07, 6.45) is -2.17. The number of alkyl halides is 4. The molecule has 3 aromatic rings. The Morgan fingerprint density at radius 1 is 1.03 bits per heavy atom. The number of nitrogens with one attached hydrogen (secondary N) is 1. The van der Waals surface area contributed by atoms with Crippen molar-refractivity contribution in [2.45, 2.75) is 30.3 Å². The third kappa shape index (κ3) is 7.12. The van der Waals surface area contributed by atoms with E-state index in [0.717, 1.165) is 42.2 Å². The number of hydrogen-bond donors (Lipinski definition) is 1. The molecule has 4 rings (SSSR count). The second-order valence-corrected chi connectivity index (χ2v) is 7.79. The number of halogens is 5. The molecule has 1 N–H and O–H groups in total. The third-order valence-corrected chi connectivity index (χ3v) is 5.31. The van der Waals surface area contributed by atoms with Crippen LogP contribution in [0.25, 0.3) is 0 Å². The summed E-state index contributed by atoms with van der Waals surface area (Å²) in [7, 11) is 0. The van der Waals surface area contributed by atoms with E-state index in [1.165, 1.54) is 35.7 Å². The molecule has 3 nitrogen and oxygen atoms in total. The zero-order chi connectivity index (χ0) is 23.0. The van der Waals surface area contributed by atoms with Crippen molar-refractivity contribution in [1.29, 1.82) is 0 Å². The maximum Gasteiger partial charge on any atom is 0.416 e. The molecule has 1 aliphatic rings. The molecule has 0 saturated heterocycles. The van der Waals surface area contributed by atoms with Crippen LogP contribution in [0.3, 0.4) is 0 Å². The number of ether oxygens (including phenoxy) is 1. The normalized spacial score (nSPS) is 12.8. The third-order valence-electron chi connectivity index (χ3n) is 4.51. The lowest BCUT2D eigenvalue weighted by molar-refractivity contribution is -0.137. The second-order valence-electron chi connectivity index (χ2n) is 6.91. The van der Waals surface area contributed by atoms with E-state index >= 15 is 0 Å². The Balaban J connectivity index is 0.000000195. The Bertz CT molecular complexity index is 1030. The highest BCUT2D eigenvalue weighted by Gasteiger charge is 2.30. The number of pyridine rings is 1. The number of nitrogens with zero attached hydrogens (tertiary/aromatic N) is 1. The van der Waals surface area contributed by atoms with Gasteiger partial charge in [-0.3, -0.25) is 4.39 Å². The van der Waals surface area contributed by atoms with Crippen LogP contribution in [-0.2, 0) is 19.0 Å². The summed E-state index contributed by atoms with van der Waals surface area (Å²) in [5.41, 5.74) is 0.898. The molecule has 0 aliphatic carbocycles. The van der Waals surface area contributed by atoms with Gasteiger partial charge in [0.05, 0.1) is 18.8 Å². The zero-order valence-electron chi connectivity index (χ0n) is 17.0. The molecule has 2 aromatic carbocycles. The van der Waals surface area contributed by atoms with Crippen molar-refractivity contribution >= 4 is 17.8 Å². The fraction of sp³-hybridized carbons (Fsp3) is 0.261. The lowest BCUT2D eigenvalue weighted by atomic mass is 10.1. The van der Waals surface area contributed by atoms with Crippen LogP contribution in [-0.4, -0.2) is 18.3 Å². The molecule has 1 aromatic heterocycles. The SMILES string of the molecule is FCCc1cccc(C(F)(F)F)c1.Fc1cccc(NSc2ccc3c(c2)OCCC3)n1. The van der Waals surface area contributed by atoms with Gasteiger partial charge in [0.2, 0.25) is 5.95 Å². The van der Waals surface area contributed by atoms with Gasteiger partial charge in [0.1, 0.15) is 11.6 Å². The van der Waals surface area contributed by atoms with Gasteiger partial charge in [-0.1, -0.05) is 30.3 Å². The molecule has 0 spiro atoms. The van der Waals surface area contributed by atoms with E-state index in [1.54, 1.807) is 12.1 Å². The van der Waals surface area contributed by atoms with Crippen molar-refractivity contribution in [3.63, 3.8) is 0 Å². The largest absolute Gasteiger partial charge is 0.493 e. The van der Waals surface area contributed by atoms with Crippen LogP contribution in [0.1, 0.15) is 23.1 Å². The Hall–Kier alpha value is -2.81.